The summed E-state index contributed by atoms with van der Waals surface area (Å²) in [6, 6.07) is 10.4. The summed E-state index contributed by atoms with van der Waals surface area (Å²) in [6.07, 6.45) is -0.168. The number of nitrogens with one attached hydrogen (secondary N) is 1. The van der Waals surface area contributed by atoms with Crippen LogP contribution in [0.4, 0.5) is 0 Å². The average molecular weight is 454 g/mol. The van der Waals surface area contributed by atoms with Gasteiger partial charge in [-0.15, -0.1) is 0 Å². The Balaban J connectivity index is 1.25. The fourth-order valence-corrected chi connectivity index (χ4v) is 4.94. The lowest BCUT2D eigenvalue weighted by Crippen LogP contribution is -2.33. The van der Waals surface area contributed by atoms with Gasteiger partial charge in [-0.1, -0.05) is 42.8 Å². The minimum Gasteiger partial charge on any atom is -0.456 e. The van der Waals surface area contributed by atoms with Gasteiger partial charge < -0.3 is 24.1 Å². The van der Waals surface area contributed by atoms with Gasteiger partial charge in [0.2, 0.25) is 0 Å². The maximum Gasteiger partial charge on any atom is 0.296 e. The third kappa shape index (κ3) is 3.34. The van der Waals surface area contributed by atoms with Gasteiger partial charge in [-0.2, -0.15) is 4.98 Å². The largest absolute Gasteiger partial charge is 0.456 e. The molecule has 2 saturated heterocycles. The topological polar surface area (TPSA) is 84.9 Å². The molecule has 0 radical (unpaired) electrons. The zero-order valence-electron chi connectivity index (χ0n) is 17.9. The summed E-state index contributed by atoms with van der Waals surface area (Å²) in [4.78, 5) is 19.1. The van der Waals surface area contributed by atoms with Crippen LogP contribution < -0.4 is 4.74 Å². The highest BCUT2D eigenvalue weighted by molar-refractivity contribution is 6.33. The van der Waals surface area contributed by atoms with E-state index in [0.29, 0.717) is 41.5 Å². The first-order chi connectivity index (χ1) is 15.6. The molecule has 0 saturated carbocycles. The third-order valence-corrected chi connectivity index (χ3v) is 6.69. The number of amidine groups is 1. The van der Waals surface area contributed by atoms with Crippen molar-refractivity contribution in [1.29, 1.82) is 0 Å². The number of nitrogens with zero attached hydrogens (tertiary/aromatic N) is 4. The Morgan fingerprint density at radius 2 is 1.88 bits per heavy atom. The Kier molecular flexibility index (Phi) is 4.82. The highest BCUT2D eigenvalue weighted by atomic mass is 35.5. The summed E-state index contributed by atoms with van der Waals surface area (Å²) in [5.74, 6) is 1.39. The summed E-state index contributed by atoms with van der Waals surface area (Å²) in [5, 5.41) is 0.549. The first-order valence-corrected chi connectivity index (χ1v) is 11.3. The van der Waals surface area contributed by atoms with Crippen LogP contribution >= 0.6 is 11.6 Å². The van der Waals surface area contributed by atoms with Crippen molar-refractivity contribution in [1.82, 2.24) is 19.9 Å². The van der Waals surface area contributed by atoms with Crippen LogP contribution in [0.1, 0.15) is 12.5 Å². The molecule has 8 nitrogen and oxygen atoms in total. The van der Waals surface area contributed by atoms with Crippen LogP contribution in [0, 0.1) is 5.92 Å². The molecule has 3 aliphatic rings. The second-order valence-corrected chi connectivity index (χ2v) is 9.07. The van der Waals surface area contributed by atoms with Gasteiger partial charge in [-0.25, -0.2) is 4.98 Å². The molecule has 1 N–H and O–H groups in total. The minimum atomic E-state index is -0.190. The van der Waals surface area contributed by atoms with Crippen molar-refractivity contribution >= 4 is 28.6 Å². The van der Waals surface area contributed by atoms with Crippen molar-refractivity contribution in [2.24, 2.45) is 10.9 Å². The first kappa shape index (κ1) is 20.0. The molecule has 0 spiro atoms. The molecule has 1 aromatic carbocycles. The van der Waals surface area contributed by atoms with Gasteiger partial charge in [-0.3, -0.25) is 4.99 Å². The summed E-state index contributed by atoms with van der Waals surface area (Å²) in [6.45, 7) is 5.10. The minimum absolute atomic E-state index is 0.0626. The van der Waals surface area contributed by atoms with E-state index >= 15 is 0 Å². The normalized spacial score (nSPS) is 27.2. The number of halogens is 1. The summed E-state index contributed by atoms with van der Waals surface area (Å²) in [7, 11) is 2.06. The second-order valence-electron chi connectivity index (χ2n) is 8.67. The number of aromatic amines is 1. The Morgan fingerprint density at radius 3 is 2.66 bits per heavy atom. The van der Waals surface area contributed by atoms with E-state index < -0.39 is 0 Å². The number of H-pyrrole nitrogens is 1. The van der Waals surface area contributed by atoms with Crippen molar-refractivity contribution in [2.75, 3.05) is 33.4 Å². The molecule has 2 fully saturated rings. The second kappa shape index (κ2) is 7.72. The number of rotatable bonds is 4. The zero-order chi connectivity index (χ0) is 21.8. The zero-order valence-corrected chi connectivity index (χ0v) is 18.7. The van der Waals surface area contributed by atoms with Crippen molar-refractivity contribution in [3.8, 4) is 17.3 Å². The van der Waals surface area contributed by atoms with E-state index in [-0.39, 0.29) is 18.3 Å². The lowest BCUT2D eigenvalue weighted by Gasteiger charge is -2.15. The molecule has 5 heterocycles. The molecule has 3 aromatic rings. The summed E-state index contributed by atoms with van der Waals surface area (Å²) in [5.41, 5.74) is 3.97. The fraction of sp³-hybridized carbons (Fsp3) is 0.435. The molecule has 166 valence electrons. The van der Waals surface area contributed by atoms with Crippen molar-refractivity contribution in [2.45, 2.75) is 25.2 Å². The molecular formula is C23H24ClN5O3. The van der Waals surface area contributed by atoms with Crippen molar-refractivity contribution < 1.29 is 14.2 Å². The highest BCUT2D eigenvalue weighted by Gasteiger charge is 2.47. The smallest absolute Gasteiger partial charge is 0.296 e. The van der Waals surface area contributed by atoms with Gasteiger partial charge in [-0.05, 0) is 6.07 Å². The number of aromatic nitrogens is 3. The molecule has 2 aromatic heterocycles. The van der Waals surface area contributed by atoms with Crippen LogP contribution in [0.2, 0.25) is 5.02 Å². The van der Waals surface area contributed by atoms with Gasteiger partial charge >= 0.3 is 0 Å². The van der Waals surface area contributed by atoms with Crippen molar-refractivity contribution in [3.63, 3.8) is 0 Å². The number of ether oxygens (including phenoxy) is 3. The number of hydrogen-bond donors (Lipinski definition) is 1. The number of hydrogen-bond acceptors (Lipinski definition) is 7. The van der Waals surface area contributed by atoms with E-state index in [0.717, 1.165) is 35.6 Å². The molecular weight excluding hydrogens is 430 g/mol. The van der Waals surface area contributed by atoms with Crippen molar-refractivity contribution in [3.05, 3.63) is 40.9 Å². The maximum absolute atomic E-state index is 6.57. The predicted molar refractivity (Wildman–Crippen MR) is 121 cm³/mol. The molecule has 32 heavy (non-hydrogen) atoms. The quantitative estimate of drug-likeness (QED) is 0.653. The van der Waals surface area contributed by atoms with Gasteiger partial charge in [0.25, 0.3) is 6.01 Å². The molecule has 0 amide bonds. The van der Waals surface area contributed by atoms with Gasteiger partial charge in [0.15, 0.2) is 11.8 Å². The van der Waals surface area contributed by atoms with Crippen LogP contribution in [0.5, 0.6) is 6.01 Å². The van der Waals surface area contributed by atoms with E-state index in [9.17, 15) is 0 Å². The number of fused-ring (bicyclic) bond motifs is 2. The monoisotopic (exact) mass is 453 g/mol. The lowest BCUT2D eigenvalue weighted by molar-refractivity contribution is 0.0262. The fourth-order valence-electron chi connectivity index (χ4n) is 4.67. The molecule has 0 bridgehead atoms. The van der Waals surface area contributed by atoms with Crippen LogP contribution in [-0.2, 0) is 9.47 Å². The predicted octanol–water partition coefficient (Wildman–Crippen LogP) is 3.15. The summed E-state index contributed by atoms with van der Waals surface area (Å²) >= 11 is 6.57. The van der Waals surface area contributed by atoms with E-state index in [2.05, 4.69) is 46.0 Å². The lowest BCUT2D eigenvalue weighted by atomic mass is 10.0. The Hall–Kier alpha value is -2.68. The Bertz CT molecular complexity index is 1190. The van der Waals surface area contributed by atoms with Crippen LogP contribution in [0.25, 0.3) is 22.4 Å². The Labute approximate surface area is 190 Å². The molecule has 0 unspecified atom stereocenters. The van der Waals surface area contributed by atoms with Crippen LogP contribution in [0.15, 0.2) is 35.3 Å². The number of likely N-dealkylation sites (N-methyl/N-ethyl adjacent to an activating group) is 1. The van der Waals surface area contributed by atoms with Crippen LogP contribution in [-0.4, -0.2) is 77.4 Å². The molecule has 4 atom stereocenters. The molecule has 6 rings (SSSR count). The number of aliphatic imine (C=N–C) groups is 1. The number of imidazole rings is 1. The SMILES string of the molecule is C[C@@H]1CO[C@H]2[C@@H]1OC[C@H]2Oc1nc2nc(-c3ccc(C4=NCCN4C)cc3)c(Cl)cc2[nH]1. The van der Waals surface area contributed by atoms with E-state index in [1.165, 1.54) is 0 Å². The first-order valence-electron chi connectivity index (χ1n) is 10.9. The van der Waals surface area contributed by atoms with E-state index in [1.54, 1.807) is 0 Å². The Morgan fingerprint density at radius 1 is 1.09 bits per heavy atom. The average Bonchev–Trinajstić information content (AvgIpc) is 3.55. The van der Waals surface area contributed by atoms with Gasteiger partial charge in [0, 0.05) is 30.6 Å². The standard InChI is InChI=1S/C23H24ClN5O3/c1-12-10-30-20-17(11-31-19(12)20)32-23-26-16-9-15(24)18(27-21(16)28-23)13-3-5-14(6-4-13)22-25-7-8-29(22)2/h3-6,9,12,17,19-20H,7-8,10-11H2,1-2H3,(H,26,27,28)/t12-,17-,19-,20-/m1/s1. The van der Waals surface area contributed by atoms with Gasteiger partial charge in [0.05, 0.1) is 42.1 Å². The maximum atomic E-state index is 6.57. The third-order valence-electron chi connectivity index (χ3n) is 6.40. The highest BCUT2D eigenvalue weighted by Crippen LogP contribution is 2.34. The number of benzene rings is 1. The molecule has 0 aliphatic carbocycles. The summed E-state index contributed by atoms with van der Waals surface area (Å²) < 4.78 is 17.8. The van der Waals surface area contributed by atoms with Gasteiger partial charge in [0.1, 0.15) is 11.9 Å². The molecule has 3 aliphatic heterocycles. The van der Waals surface area contributed by atoms with Crippen LogP contribution in [0.3, 0.4) is 0 Å². The van der Waals surface area contributed by atoms with E-state index in [4.69, 9.17) is 30.8 Å². The van der Waals surface area contributed by atoms with E-state index in [1.807, 2.05) is 18.2 Å². The number of pyridine rings is 1. The molecule has 9 heteroatoms.